The van der Waals surface area contributed by atoms with Crippen LogP contribution in [0.1, 0.15) is 28.4 Å². The Morgan fingerprint density at radius 1 is 1.03 bits per heavy atom. The normalized spacial score (nSPS) is 15.5. The molecule has 1 aliphatic heterocycles. The highest BCUT2D eigenvalue weighted by Crippen LogP contribution is 2.34. The molecule has 2 N–H and O–H groups in total. The fraction of sp³-hybridized carbons (Fsp3) is 0.217. The van der Waals surface area contributed by atoms with Crippen molar-refractivity contribution in [3.8, 4) is 0 Å². The lowest BCUT2D eigenvalue weighted by Crippen LogP contribution is -2.42. The van der Waals surface area contributed by atoms with E-state index in [-0.39, 0.29) is 18.4 Å². The van der Waals surface area contributed by atoms with Crippen molar-refractivity contribution in [2.24, 2.45) is 0 Å². The zero-order chi connectivity index (χ0) is 22.2. The van der Waals surface area contributed by atoms with Gasteiger partial charge >= 0.3 is 0 Å². The Kier molecular flexibility index (Phi) is 5.41. The fourth-order valence-electron chi connectivity index (χ4n) is 4.11. The first-order valence-electron chi connectivity index (χ1n) is 9.92. The molecule has 0 fully saturated rings. The lowest BCUT2D eigenvalue weighted by Gasteiger charge is -2.21. The van der Waals surface area contributed by atoms with Gasteiger partial charge in [-0.1, -0.05) is 42.5 Å². The van der Waals surface area contributed by atoms with Crippen LogP contribution in [0.4, 0.5) is 5.69 Å². The van der Waals surface area contributed by atoms with Crippen molar-refractivity contribution in [3.63, 3.8) is 0 Å². The van der Waals surface area contributed by atoms with E-state index in [1.807, 2.05) is 49.4 Å². The number of anilines is 1. The quantitative estimate of drug-likeness (QED) is 0.613. The number of benzene rings is 3. The Balaban J connectivity index is 1.42. The second kappa shape index (κ2) is 8.03. The number of nitrogens with zero attached hydrogens (tertiary/aromatic N) is 1. The summed E-state index contributed by atoms with van der Waals surface area (Å²) in [6.45, 7) is 1.83. The third-order valence-corrected chi connectivity index (χ3v) is 6.67. The highest BCUT2D eigenvalue weighted by Gasteiger charge is 2.32. The second-order valence-corrected chi connectivity index (χ2v) is 9.63. The molecule has 0 aromatic heterocycles. The summed E-state index contributed by atoms with van der Waals surface area (Å²) in [6, 6.07) is 18.2. The number of hydrazine groups is 1. The molecule has 3 aromatic rings. The number of rotatable bonds is 4. The predicted octanol–water partition coefficient (Wildman–Crippen LogP) is 2.55. The van der Waals surface area contributed by atoms with Gasteiger partial charge < -0.3 is 0 Å². The predicted molar refractivity (Wildman–Crippen MR) is 120 cm³/mol. The van der Waals surface area contributed by atoms with Crippen molar-refractivity contribution in [3.05, 3.63) is 77.4 Å². The van der Waals surface area contributed by atoms with E-state index in [0.717, 1.165) is 21.9 Å². The summed E-state index contributed by atoms with van der Waals surface area (Å²) in [4.78, 5) is 24.9. The van der Waals surface area contributed by atoms with E-state index in [4.69, 9.17) is 0 Å². The van der Waals surface area contributed by atoms with Crippen LogP contribution < -0.4 is 15.2 Å². The lowest BCUT2D eigenvalue weighted by atomic mass is 10.0. The molecule has 8 heteroatoms. The van der Waals surface area contributed by atoms with Crippen LogP contribution in [0.3, 0.4) is 0 Å². The number of nitrogens with one attached hydrogen (secondary N) is 2. The summed E-state index contributed by atoms with van der Waals surface area (Å²) in [5, 5.41) is 2.04. The van der Waals surface area contributed by atoms with Gasteiger partial charge in [-0.3, -0.25) is 24.7 Å². The summed E-state index contributed by atoms with van der Waals surface area (Å²) >= 11 is 0. The molecular weight excluding hydrogens is 414 g/mol. The van der Waals surface area contributed by atoms with Gasteiger partial charge in [0, 0.05) is 11.6 Å². The molecule has 0 saturated carbocycles. The second-order valence-electron chi connectivity index (χ2n) is 7.77. The molecular formula is C23H23N3O4S. The zero-order valence-electron chi connectivity index (χ0n) is 17.3. The number of amides is 2. The van der Waals surface area contributed by atoms with Gasteiger partial charge in [-0.05, 0) is 53.4 Å². The standard InChI is InChI=1S/C23H23N3O4S/c1-15-12-19-13-18(10-11-21(19)26(15)31(2,29)30)23(28)25-24-22(27)14-17-8-5-7-16-6-3-4-9-20(16)17/h3-11,13,15H,12,14H2,1-2H3,(H,24,27)(H,25,28). The van der Waals surface area contributed by atoms with Crippen LogP contribution in [-0.2, 0) is 27.7 Å². The maximum atomic E-state index is 12.5. The summed E-state index contributed by atoms with van der Waals surface area (Å²) in [6.07, 6.45) is 1.83. The molecule has 0 saturated heterocycles. The minimum atomic E-state index is -3.39. The van der Waals surface area contributed by atoms with Crippen LogP contribution in [0, 0.1) is 0 Å². The number of sulfonamides is 1. The average Bonchev–Trinajstić information content (AvgIpc) is 3.07. The van der Waals surface area contributed by atoms with Gasteiger partial charge in [0.05, 0.1) is 18.4 Å². The first-order valence-corrected chi connectivity index (χ1v) is 11.8. The largest absolute Gasteiger partial charge is 0.273 e. The zero-order valence-corrected chi connectivity index (χ0v) is 18.1. The number of hydrogen-bond donors (Lipinski definition) is 2. The monoisotopic (exact) mass is 437 g/mol. The van der Waals surface area contributed by atoms with Crippen LogP contribution >= 0.6 is 0 Å². The number of hydrogen-bond acceptors (Lipinski definition) is 4. The molecule has 31 heavy (non-hydrogen) atoms. The molecule has 0 spiro atoms. The van der Waals surface area contributed by atoms with Crippen LogP contribution in [0.15, 0.2) is 60.7 Å². The third-order valence-electron chi connectivity index (χ3n) is 5.40. The molecule has 7 nitrogen and oxygen atoms in total. The van der Waals surface area contributed by atoms with Crippen molar-refractivity contribution in [1.82, 2.24) is 10.9 Å². The van der Waals surface area contributed by atoms with E-state index in [1.54, 1.807) is 18.2 Å². The molecule has 1 atom stereocenters. The maximum Gasteiger partial charge on any atom is 0.269 e. The van der Waals surface area contributed by atoms with Crippen molar-refractivity contribution < 1.29 is 18.0 Å². The van der Waals surface area contributed by atoms with Gasteiger partial charge in [0.25, 0.3) is 5.91 Å². The minimum Gasteiger partial charge on any atom is -0.273 e. The number of carbonyl (C=O) groups is 2. The first-order chi connectivity index (χ1) is 14.7. The molecule has 0 bridgehead atoms. The molecule has 160 valence electrons. The van der Waals surface area contributed by atoms with E-state index in [0.29, 0.717) is 17.7 Å². The van der Waals surface area contributed by atoms with Crippen LogP contribution in [0.2, 0.25) is 0 Å². The SMILES string of the molecule is CC1Cc2cc(C(=O)NNC(=O)Cc3cccc4ccccc34)ccc2N1S(C)(=O)=O. The van der Waals surface area contributed by atoms with E-state index in [1.165, 1.54) is 10.6 Å². The molecule has 1 unspecified atom stereocenters. The molecule has 1 heterocycles. The Hall–Kier alpha value is -3.39. The van der Waals surface area contributed by atoms with E-state index in [9.17, 15) is 18.0 Å². The van der Waals surface area contributed by atoms with Crippen LogP contribution in [0.5, 0.6) is 0 Å². The molecule has 2 amide bonds. The first kappa shape index (κ1) is 20.9. The molecule has 3 aromatic carbocycles. The molecule has 0 aliphatic carbocycles. The van der Waals surface area contributed by atoms with Crippen molar-refractivity contribution >= 4 is 38.3 Å². The Morgan fingerprint density at radius 2 is 1.77 bits per heavy atom. The minimum absolute atomic E-state index is 0.132. The van der Waals surface area contributed by atoms with E-state index in [2.05, 4.69) is 10.9 Å². The van der Waals surface area contributed by atoms with Crippen LogP contribution in [0.25, 0.3) is 10.8 Å². The van der Waals surface area contributed by atoms with Crippen molar-refractivity contribution in [2.45, 2.75) is 25.8 Å². The third kappa shape index (κ3) is 4.25. The topological polar surface area (TPSA) is 95.6 Å². The molecule has 4 rings (SSSR count). The highest BCUT2D eigenvalue weighted by atomic mass is 32.2. The van der Waals surface area contributed by atoms with Gasteiger partial charge in [0.1, 0.15) is 0 Å². The van der Waals surface area contributed by atoms with Gasteiger partial charge in [-0.2, -0.15) is 0 Å². The lowest BCUT2D eigenvalue weighted by molar-refractivity contribution is -0.121. The van der Waals surface area contributed by atoms with Crippen LogP contribution in [-0.4, -0.2) is 32.5 Å². The number of fused-ring (bicyclic) bond motifs is 2. The smallest absolute Gasteiger partial charge is 0.269 e. The highest BCUT2D eigenvalue weighted by molar-refractivity contribution is 7.92. The fourth-order valence-corrected chi connectivity index (χ4v) is 5.38. The van der Waals surface area contributed by atoms with Crippen molar-refractivity contribution in [2.75, 3.05) is 10.6 Å². The molecule has 1 aliphatic rings. The summed E-state index contributed by atoms with van der Waals surface area (Å²) in [5.41, 5.74) is 7.50. The van der Waals surface area contributed by atoms with E-state index < -0.39 is 15.9 Å². The van der Waals surface area contributed by atoms with Gasteiger partial charge in [0.2, 0.25) is 15.9 Å². The van der Waals surface area contributed by atoms with E-state index >= 15 is 0 Å². The number of carbonyl (C=O) groups excluding carboxylic acids is 2. The Morgan fingerprint density at radius 3 is 2.55 bits per heavy atom. The Labute approximate surface area is 181 Å². The summed E-state index contributed by atoms with van der Waals surface area (Å²) in [7, 11) is -3.39. The Bertz CT molecular complexity index is 1280. The average molecular weight is 438 g/mol. The van der Waals surface area contributed by atoms with Gasteiger partial charge in [-0.25, -0.2) is 8.42 Å². The molecule has 0 radical (unpaired) electrons. The maximum absolute atomic E-state index is 12.5. The van der Waals surface area contributed by atoms with Gasteiger partial charge in [0.15, 0.2) is 0 Å². The van der Waals surface area contributed by atoms with Gasteiger partial charge in [-0.15, -0.1) is 0 Å². The summed E-state index contributed by atoms with van der Waals surface area (Å²) < 4.78 is 25.4. The summed E-state index contributed by atoms with van der Waals surface area (Å²) in [5.74, 6) is -0.790. The van der Waals surface area contributed by atoms with Crippen molar-refractivity contribution in [1.29, 1.82) is 0 Å².